The van der Waals surface area contributed by atoms with Gasteiger partial charge in [0.15, 0.2) is 0 Å². The zero-order chi connectivity index (χ0) is 10.0. The summed E-state index contributed by atoms with van der Waals surface area (Å²) >= 11 is 0. The van der Waals surface area contributed by atoms with Crippen LogP contribution in [0, 0.1) is 18.6 Å². The van der Waals surface area contributed by atoms with Gasteiger partial charge in [0, 0.05) is 18.2 Å². The summed E-state index contributed by atoms with van der Waals surface area (Å²) in [6.45, 7) is 1.58. The summed E-state index contributed by atoms with van der Waals surface area (Å²) < 4.78 is 26.4. The fourth-order valence-corrected chi connectivity index (χ4v) is 1.14. The summed E-state index contributed by atoms with van der Waals surface area (Å²) in [5, 5.41) is 0. The van der Waals surface area contributed by atoms with Crippen LogP contribution in [0.15, 0.2) is 12.1 Å². The Bertz CT molecular complexity index is 318. The van der Waals surface area contributed by atoms with Gasteiger partial charge in [-0.1, -0.05) is 6.07 Å². The molecule has 5 heteroatoms. The zero-order valence-electron chi connectivity index (χ0n) is 7.76. The third kappa shape index (κ3) is 2.41. The predicted octanol–water partition coefficient (Wildman–Crippen LogP) is 1.65. The highest BCUT2D eigenvalue weighted by molar-refractivity contribution is 5.85. The van der Waals surface area contributed by atoms with Gasteiger partial charge in [-0.2, -0.15) is 0 Å². The van der Waals surface area contributed by atoms with Crippen molar-refractivity contribution in [2.75, 3.05) is 6.54 Å². The molecule has 0 unspecified atom stereocenters. The van der Waals surface area contributed by atoms with Gasteiger partial charge < -0.3 is 11.5 Å². The van der Waals surface area contributed by atoms with Gasteiger partial charge in [0.2, 0.25) is 0 Å². The van der Waals surface area contributed by atoms with Crippen LogP contribution in [0.4, 0.5) is 8.78 Å². The van der Waals surface area contributed by atoms with Crippen LogP contribution in [-0.2, 0) is 0 Å². The summed E-state index contributed by atoms with van der Waals surface area (Å²) in [6, 6.07) is 1.79. The quantitative estimate of drug-likeness (QED) is 0.800. The van der Waals surface area contributed by atoms with Crippen molar-refractivity contribution in [3.05, 3.63) is 34.9 Å². The Hall–Kier alpha value is -0.710. The lowest BCUT2D eigenvalue weighted by atomic mass is 10.0. The van der Waals surface area contributed by atoms with Crippen molar-refractivity contribution in [2.45, 2.75) is 13.0 Å². The maximum atomic E-state index is 13.3. The molecule has 0 bridgehead atoms. The molecule has 0 saturated carbocycles. The lowest BCUT2D eigenvalue weighted by Gasteiger charge is -2.12. The van der Waals surface area contributed by atoms with Crippen molar-refractivity contribution in [3.63, 3.8) is 0 Å². The summed E-state index contributed by atoms with van der Waals surface area (Å²) in [5.41, 5.74) is 10.9. The Kier molecular flexibility index (Phi) is 4.97. The predicted molar refractivity (Wildman–Crippen MR) is 54.3 cm³/mol. The van der Waals surface area contributed by atoms with Gasteiger partial charge in [-0.25, -0.2) is 8.78 Å². The Labute approximate surface area is 87.7 Å². The van der Waals surface area contributed by atoms with Crippen LogP contribution in [0.5, 0.6) is 0 Å². The lowest BCUT2D eigenvalue weighted by molar-refractivity contribution is 0.523. The van der Waals surface area contributed by atoms with Crippen molar-refractivity contribution >= 4 is 12.4 Å². The minimum atomic E-state index is -0.778. The Morgan fingerprint density at radius 2 is 1.93 bits per heavy atom. The molecule has 14 heavy (non-hydrogen) atoms. The number of hydrogen-bond donors (Lipinski definition) is 2. The van der Waals surface area contributed by atoms with Gasteiger partial charge >= 0.3 is 0 Å². The highest BCUT2D eigenvalue weighted by Gasteiger charge is 2.16. The largest absolute Gasteiger partial charge is 0.329 e. The van der Waals surface area contributed by atoms with E-state index in [1.165, 1.54) is 12.1 Å². The second kappa shape index (κ2) is 5.24. The molecule has 0 aliphatic carbocycles. The molecule has 0 amide bonds. The van der Waals surface area contributed by atoms with Gasteiger partial charge in [-0.15, -0.1) is 12.4 Å². The summed E-state index contributed by atoms with van der Waals surface area (Å²) in [4.78, 5) is 0. The minimum absolute atomic E-state index is 0. The molecule has 1 aromatic carbocycles. The Morgan fingerprint density at radius 3 is 2.43 bits per heavy atom. The first kappa shape index (κ1) is 13.3. The second-order valence-electron chi connectivity index (χ2n) is 2.93. The molecule has 0 radical (unpaired) electrons. The summed E-state index contributed by atoms with van der Waals surface area (Å²) in [7, 11) is 0. The van der Waals surface area contributed by atoms with Crippen LogP contribution in [0.3, 0.4) is 0 Å². The van der Waals surface area contributed by atoms with Crippen molar-refractivity contribution in [3.8, 4) is 0 Å². The average Bonchev–Trinajstić information content (AvgIpc) is 2.12. The molecule has 0 aliphatic rings. The molecular weight excluding hydrogens is 210 g/mol. The zero-order valence-corrected chi connectivity index (χ0v) is 8.57. The fraction of sp³-hybridized carbons (Fsp3) is 0.333. The van der Waals surface area contributed by atoms with E-state index in [4.69, 9.17) is 11.5 Å². The normalized spacial score (nSPS) is 12.1. The van der Waals surface area contributed by atoms with Crippen LogP contribution < -0.4 is 11.5 Å². The molecule has 0 saturated heterocycles. The Morgan fingerprint density at radius 1 is 1.36 bits per heavy atom. The monoisotopic (exact) mass is 222 g/mol. The number of nitrogens with two attached hydrogens (primary N) is 2. The molecule has 1 atom stereocenters. The molecule has 0 aliphatic heterocycles. The summed E-state index contributed by atoms with van der Waals surface area (Å²) in [6.07, 6.45) is 0. The standard InChI is InChI=1S/C9H12F2N2.ClH/c1-5-2-3-6(10)8(9(5)11)7(13)4-12;/h2-3,7H,4,12-13H2,1H3;1H/t7-;/m0./s1. The van der Waals surface area contributed by atoms with E-state index in [0.29, 0.717) is 5.56 Å². The van der Waals surface area contributed by atoms with Crippen molar-refractivity contribution in [1.29, 1.82) is 0 Å². The van der Waals surface area contributed by atoms with Crippen LogP contribution in [0.25, 0.3) is 0 Å². The van der Waals surface area contributed by atoms with Crippen LogP contribution in [-0.4, -0.2) is 6.54 Å². The highest BCUT2D eigenvalue weighted by Crippen LogP contribution is 2.20. The minimum Gasteiger partial charge on any atom is -0.329 e. The third-order valence-corrected chi connectivity index (χ3v) is 1.94. The van der Waals surface area contributed by atoms with E-state index >= 15 is 0 Å². The van der Waals surface area contributed by atoms with E-state index in [-0.39, 0.29) is 24.5 Å². The maximum absolute atomic E-state index is 13.3. The smallest absolute Gasteiger partial charge is 0.133 e. The van der Waals surface area contributed by atoms with Gasteiger partial charge in [0.05, 0.1) is 0 Å². The second-order valence-corrected chi connectivity index (χ2v) is 2.93. The molecule has 1 rings (SSSR count). The highest BCUT2D eigenvalue weighted by atomic mass is 35.5. The van der Waals surface area contributed by atoms with Gasteiger partial charge in [-0.05, 0) is 18.6 Å². The SMILES string of the molecule is Cc1ccc(F)c([C@@H](N)CN)c1F.Cl. The fourth-order valence-electron chi connectivity index (χ4n) is 1.14. The van der Waals surface area contributed by atoms with Crippen molar-refractivity contribution < 1.29 is 8.78 Å². The molecule has 0 fully saturated rings. The number of hydrogen-bond acceptors (Lipinski definition) is 2. The van der Waals surface area contributed by atoms with Crippen LogP contribution in [0.1, 0.15) is 17.2 Å². The first-order chi connectivity index (χ1) is 6.07. The van der Waals surface area contributed by atoms with Crippen LogP contribution >= 0.6 is 12.4 Å². The van der Waals surface area contributed by atoms with E-state index in [1.807, 2.05) is 0 Å². The van der Waals surface area contributed by atoms with E-state index in [0.717, 1.165) is 0 Å². The van der Waals surface area contributed by atoms with Crippen LogP contribution in [0.2, 0.25) is 0 Å². The van der Waals surface area contributed by atoms with Gasteiger partial charge in [0.25, 0.3) is 0 Å². The maximum Gasteiger partial charge on any atom is 0.133 e. The van der Waals surface area contributed by atoms with E-state index in [2.05, 4.69) is 0 Å². The molecule has 80 valence electrons. The summed E-state index contributed by atoms with van der Waals surface area (Å²) in [5.74, 6) is -1.24. The average molecular weight is 223 g/mol. The topological polar surface area (TPSA) is 52.0 Å². The molecule has 4 N–H and O–H groups in total. The third-order valence-electron chi connectivity index (χ3n) is 1.94. The molecule has 2 nitrogen and oxygen atoms in total. The molecule has 0 aromatic heterocycles. The van der Waals surface area contributed by atoms with E-state index < -0.39 is 17.7 Å². The van der Waals surface area contributed by atoms with E-state index in [9.17, 15) is 8.78 Å². The first-order valence-electron chi connectivity index (χ1n) is 3.98. The van der Waals surface area contributed by atoms with E-state index in [1.54, 1.807) is 6.92 Å². The molecule has 0 heterocycles. The molecule has 0 spiro atoms. The first-order valence-corrected chi connectivity index (χ1v) is 3.98. The number of halogens is 3. The van der Waals surface area contributed by atoms with Crippen molar-refractivity contribution in [1.82, 2.24) is 0 Å². The molecule has 1 aromatic rings. The van der Waals surface area contributed by atoms with Gasteiger partial charge in [-0.3, -0.25) is 0 Å². The van der Waals surface area contributed by atoms with Crippen molar-refractivity contribution in [2.24, 2.45) is 11.5 Å². The number of benzene rings is 1. The number of rotatable bonds is 2. The number of aryl methyl sites for hydroxylation is 1. The Balaban J connectivity index is 0.00000169. The molecular formula is C9H13ClF2N2. The van der Waals surface area contributed by atoms with Gasteiger partial charge in [0.1, 0.15) is 11.6 Å². The lowest BCUT2D eigenvalue weighted by Crippen LogP contribution is -2.23.